The molecule has 1 nitrogen and oxygen atoms in total. The van der Waals surface area contributed by atoms with Gasteiger partial charge in [-0.15, -0.1) is 0 Å². The summed E-state index contributed by atoms with van der Waals surface area (Å²) in [6.07, 6.45) is 4.11. The van der Waals surface area contributed by atoms with Crippen molar-refractivity contribution in [1.82, 2.24) is 0 Å². The van der Waals surface area contributed by atoms with E-state index in [9.17, 15) is 0 Å². The maximum absolute atomic E-state index is 2.58. The fraction of sp³-hybridized carbons (Fsp3) is 0.600. The third-order valence-corrected chi connectivity index (χ3v) is 3.58. The lowest BCUT2D eigenvalue weighted by molar-refractivity contribution is 0.575. The van der Waals surface area contributed by atoms with Crippen LogP contribution in [0, 0.1) is 6.92 Å². The Labute approximate surface area is 99.5 Å². The summed E-state index contributed by atoms with van der Waals surface area (Å²) in [5, 5.41) is 0. The molecule has 1 heteroatoms. The highest BCUT2D eigenvalue weighted by Gasteiger charge is 2.16. The molecule has 1 aromatic rings. The standard InChI is InChI=1S/C15H23N/c1-12(2)15-13(3)8-7-9-14(15)16-10-5-4-6-11-16/h7-9,12H,4-6,10-11H2,1-3H3. The first-order chi connectivity index (χ1) is 7.70. The Kier molecular flexibility index (Phi) is 3.52. The Morgan fingerprint density at radius 1 is 1.06 bits per heavy atom. The normalized spacial score (nSPS) is 16.9. The predicted octanol–water partition coefficient (Wildman–Crippen LogP) is 4.11. The van der Waals surface area contributed by atoms with Crippen LogP contribution in [0.2, 0.25) is 0 Å². The maximum Gasteiger partial charge on any atom is 0.0404 e. The zero-order valence-electron chi connectivity index (χ0n) is 10.8. The number of anilines is 1. The first-order valence-corrected chi connectivity index (χ1v) is 6.54. The molecule has 1 fully saturated rings. The highest BCUT2D eigenvalue weighted by Crippen LogP contribution is 2.31. The smallest absolute Gasteiger partial charge is 0.0404 e. The number of rotatable bonds is 2. The number of benzene rings is 1. The van der Waals surface area contributed by atoms with E-state index in [4.69, 9.17) is 0 Å². The minimum Gasteiger partial charge on any atom is -0.371 e. The van der Waals surface area contributed by atoms with Gasteiger partial charge in [-0.1, -0.05) is 26.0 Å². The molecule has 0 atom stereocenters. The molecule has 0 N–H and O–H groups in total. The van der Waals surface area contributed by atoms with Gasteiger partial charge >= 0.3 is 0 Å². The van der Waals surface area contributed by atoms with Crippen LogP contribution in [0.1, 0.15) is 50.2 Å². The van der Waals surface area contributed by atoms with E-state index in [2.05, 4.69) is 43.9 Å². The fourth-order valence-electron chi connectivity index (χ4n) is 2.83. The minimum absolute atomic E-state index is 0.623. The van der Waals surface area contributed by atoms with Crippen molar-refractivity contribution >= 4 is 5.69 Å². The van der Waals surface area contributed by atoms with Crippen molar-refractivity contribution in [3.05, 3.63) is 29.3 Å². The zero-order valence-corrected chi connectivity index (χ0v) is 10.8. The first kappa shape index (κ1) is 11.5. The van der Waals surface area contributed by atoms with Crippen LogP contribution in [0.25, 0.3) is 0 Å². The van der Waals surface area contributed by atoms with E-state index >= 15 is 0 Å². The average Bonchev–Trinajstić information content (AvgIpc) is 2.29. The molecule has 1 aliphatic heterocycles. The van der Waals surface area contributed by atoms with Crippen molar-refractivity contribution in [2.75, 3.05) is 18.0 Å². The van der Waals surface area contributed by atoms with Gasteiger partial charge in [0.1, 0.15) is 0 Å². The Bertz CT molecular complexity index is 348. The average molecular weight is 217 g/mol. The van der Waals surface area contributed by atoms with Gasteiger partial charge in [0.2, 0.25) is 0 Å². The van der Waals surface area contributed by atoms with E-state index in [0.717, 1.165) is 0 Å². The van der Waals surface area contributed by atoms with Crippen LogP contribution in [0.15, 0.2) is 18.2 Å². The molecule has 1 heterocycles. The van der Waals surface area contributed by atoms with Gasteiger partial charge in [0, 0.05) is 18.8 Å². The van der Waals surface area contributed by atoms with Gasteiger partial charge in [0.25, 0.3) is 0 Å². The quantitative estimate of drug-likeness (QED) is 0.720. The summed E-state index contributed by atoms with van der Waals surface area (Å²) in [5.74, 6) is 0.623. The van der Waals surface area contributed by atoms with Gasteiger partial charge in [-0.2, -0.15) is 0 Å². The highest BCUT2D eigenvalue weighted by molar-refractivity contribution is 5.58. The summed E-state index contributed by atoms with van der Waals surface area (Å²) in [7, 11) is 0. The second-order valence-electron chi connectivity index (χ2n) is 5.21. The summed E-state index contributed by atoms with van der Waals surface area (Å²) in [6, 6.07) is 6.74. The van der Waals surface area contributed by atoms with E-state index in [1.54, 1.807) is 5.56 Å². The summed E-state index contributed by atoms with van der Waals surface area (Å²) < 4.78 is 0. The van der Waals surface area contributed by atoms with Crippen LogP contribution in [-0.4, -0.2) is 13.1 Å². The molecular weight excluding hydrogens is 194 g/mol. The van der Waals surface area contributed by atoms with Gasteiger partial charge in [-0.3, -0.25) is 0 Å². The molecule has 0 bridgehead atoms. The van der Waals surface area contributed by atoms with Gasteiger partial charge < -0.3 is 4.90 Å². The molecular formula is C15H23N. The summed E-state index contributed by atoms with van der Waals surface area (Å²) in [4.78, 5) is 2.58. The second-order valence-corrected chi connectivity index (χ2v) is 5.21. The van der Waals surface area contributed by atoms with E-state index in [1.807, 2.05) is 0 Å². The van der Waals surface area contributed by atoms with Crippen molar-refractivity contribution in [2.45, 2.75) is 46.0 Å². The highest BCUT2D eigenvalue weighted by atomic mass is 15.1. The van der Waals surface area contributed by atoms with Crippen LogP contribution >= 0.6 is 0 Å². The summed E-state index contributed by atoms with van der Waals surface area (Å²) in [5.41, 5.74) is 4.47. The van der Waals surface area contributed by atoms with E-state index < -0.39 is 0 Å². The number of hydrogen-bond acceptors (Lipinski definition) is 1. The van der Waals surface area contributed by atoms with Gasteiger partial charge in [-0.25, -0.2) is 0 Å². The van der Waals surface area contributed by atoms with E-state index in [1.165, 1.54) is 43.6 Å². The van der Waals surface area contributed by atoms with Crippen LogP contribution in [0.4, 0.5) is 5.69 Å². The molecule has 88 valence electrons. The monoisotopic (exact) mass is 217 g/mol. The van der Waals surface area contributed by atoms with Crippen LogP contribution in [0.3, 0.4) is 0 Å². The minimum atomic E-state index is 0.623. The second kappa shape index (κ2) is 4.90. The molecule has 0 radical (unpaired) electrons. The Balaban J connectivity index is 2.34. The molecule has 0 spiro atoms. The number of hydrogen-bond donors (Lipinski definition) is 0. The van der Waals surface area contributed by atoms with E-state index in [0.29, 0.717) is 5.92 Å². The molecule has 1 aliphatic rings. The lowest BCUT2D eigenvalue weighted by Gasteiger charge is -2.32. The summed E-state index contributed by atoms with van der Waals surface area (Å²) in [6.45, 7) is 9.32. The van der Waals surface area contributed by atoms with Gasteiger partial charge in [0.05, 0.1) is 0 Å². The zero-order chi connectivity index (χ0) is 11.5. The maximum atomic E-state index is 2.58. The Morgan fingerprint density at radius 2 is 1.75 bits per heavy atom. The SMILES string of the molecule is Cc1cccc(N2CCCCC2)c1C(C)C. The van der Waals surface area contributed by atoms with Crippen molar-refractivity contribution in [1.29, 1.82) is 0 Å². The van der Waals surface area contributed by atoms with Crippen molar-refractivity contribution < 1.29 is 0 Å². The lowest BCUT2D eigenvalue weighted by atomic mass is 9.94. The molecule has 1 aromatic carbocycles. The van der Waals surface area contributed by atoms with Crippen LogP contribution in [-0.2, 0) is 0 Å². The third-order valence-electron chi connectivity index (χ3n) is 3.58. The third kappa shape index (κ3) is 2.23. The van der Waals surface area contributed by atoms with Crippen LogP contribution < -0.4 is 4.90 Å². The Hall–Kier alpha value is -0.980. The molecule has 0 aromatic heterocycles. The van der Waals surface area contributed by atoms with Crippen molar-refractivity contribution in [3.63, 3.8) is 0 Å². The molecule has 0 saturated carbocycles. The molecule has 2 rings (SSSR count). The molecule has 1 saturated heterocycles. The summed E-state index contributed by atoms with van der Waals surface area (Å²) >= 11 is 0. The van der Waals surface area contributed by atoms with Crippen LogP contribution in [0.5, 0.6) is 0 Å². The number of piperidine rings is 1. The number of aryl methyl sites for hydroxylation is 1. The van der Waals surface area contributed by atoms with E-state index in [-0.39, 0.29) is 0 Å². The van der Waals surface area contributed by atoms with Gasteiger partial charge in [-0.05, 0) is 49.3 Å². The lowest BCUT2D eigenvalue weighted by Crippen LogP contribution is -2.30. The topological polar surface area (TPSA) is 3.24 Å². The number of nitrogens with zero attached hydrogens (tertiary/aromatic N) is 1. The molecule has 16 heavy (non-hydrogen) atoms. The fourth-order valence-corrected chi connectivity index (χ4v) is 2.83. The van der Waals surface area contributed by atoms with Crippen molar-refractivity contribution in [2.24, 2.45) is 0 Å². The first-order valence-electron chi connectivity index (χ1n) is 6.54. The largest absolute Gasteiger partial charge is 0.371 e. The molecule has 0 unspecified atom stereocenters. The Morgan fingerprint density at radius 3 is 2.38 bits per heavy atom. The van der Waals surface area contributed by atoms with Crippen molar-refractivity contribution in [3.8, 4) is 0 Å². The molecule has 0 aliphatic carbocycles. The van der Waals surface area contributed by atoms with Gasteiger partial charge in [0.15, 0.2) is 0 Å². The predicted molar refractivity (Wildman–Crippen MR) is 71.3 cm³/mol. The molecule has 0 amide bonds.